The highest BCUT2D eigenvalue weighted by atomic mass is 28.4. The van der Waals surface area contributed by atoms with Gasteiger partial charge in [0, 0.05) is 6.08 Å². The molecule has 2 aromatic carbocycles. The average molecular weight is 417 g/mol. The average Bonchev–Trinajstić information content (AvgIpc) is 2.74. The topological polar surface area (TPSA) is 43.4 Å². The normalized spacial score (nSPS) is 12.9. The largest absolute Gasteiger partial charge is 0.506 e. The Labute approximate surface area is 180 Å². The highest BCUT2D eigenvalue weighted by molar-refractivity contribution is 7.00. The van der Waals surface area contributed by atoms with Crippen LogP contribution >= 0.6 is 0 Å². The Balaban J connectivity index is 2.34. The number of allylic oxidation sites excluding steroid dienone is 7. The van der Waals surface area contributed by atoms with E-state index in [1.165, 1.54) is 12.2 Å². The van der Waals surface area contributed by atoms with Crippen molar-refractivity contribution in [3.05, 3.63) is 109 Å². The summed E-state index contributed by atoms with van der Waals surface area (Å²) in [6, 6.07) is 20.1. The Hall–Kier alpha value is -3.24. The van der Waals surface area contributed by atoms with Crippen molar-refractivity contribution < 1.29 is 14.0 Å². The molecule has 0 heterocycles. The third kappa shape index (κ3) is 5.88. The smallest absolute Gasteiger partial charge is 0.324 e. The highest BCUT2D eigenvalue weighted by Gasteiger charge is 2.52. The minimum atomic E-state index is -2.88. The molecule has 0 fully saturated rings. The molecule has 30 heavy (non-hydrogen) atoms. The van der Waals surface area contributed by atoms with E-state index in [1.54, 1.807) is 36.5 Å². The fraction of sp³-hybridized carbons (Fsp3) is 0.154. The van der Waals surface area contributed by atoms with Gasteiger partial charge in [-0.2, -0.15) is 0 Å². The van der Waals surface area contributed by atoms with Crippen LogP contribution in [0.5, 0.6) is 0 Å². The standard InChI is InChI=1S/C26H28O3Si/c1-26(2,3)30(23-17-11-9-12-18-23,24-19-13-10-14-20-24)29-25(28)21-15-7-5-4-6-8-16-22-27/h4-22H,1-3H3/b6-4+,7-5+,16-8+,21-15+. The molecule has 0 saturated heterocycles. The second-order valence-electron chi connectivity index (χ2n) is 7.73. The lowest BCUT2D eigenvalue weighted by Gasteiger charge is -2.41. The van der Waals surface area contributed by atoms with Crippen molar-refractivity contribution in [2.75, 3.05) is 0 Å². The Kier molecular flexibility index (Phi) is 8.50. The van der Waals surface area contributed by atoms with E-state index in [1.807, 2.05) is 36.4 Å². The molecule has 0 aliphatic carbocycles. The molecule has 2 aromatic rings. The lowest BCUT2D eigenvalue weighted by atomic mass is 10.2. The van der Waals surface area contributed by atoms with E-state index < -0.39 is 8.32 Å². The van der Waals surface area contributed by atoms with Gasteiger partial charge in [-0.05, 0) is 21.5 Å². The first-order valence-corrected chi connectivity index (χ1v) is 11.8. The lowest BCUT2D eigenvalue weighted by Crippen LogP contribution is -2.67. The molecule has 154 valence electrons. The van der Waals surface area contributed by atoms with Crippen LogP contribution in [0.15, 0.2) is 109 Å². The van der Waals surface area contributed by atoms with Crippen molar-refractivity contribution in [3.8, 4) is 0 Å². The van der Waals surface area contributed by atoms with E-state index in [4.69, 9.17) is 4.43 Å². The molecule has 0 N–H and O–H groups in total. The fourth-order valence-electron chi connectivity index (χ4n) is 3.33. The number of rotatable bonds is 8. The quantitative estimate of drug-likeness (QED) is 0.275. The monoisotopic (exact) mass is 416 g/mol. The number of benzene rings is 2. The zero-order chi connectivity index (χ0) is 21.9. The third-order valence-electron chi connectivity index (χ3n) is 4.65. The van der Waals surface area contributed by atoms with Gasteiger partial charge in [0.25, 0.3) is 0 Å². The zero-order valence-corrected chi connectivity index (χ0v) is 18.7. The molecule has 0 saturated carbocycles. The van der Waals surface area contributed by atoms with Gasteiger partial charge in [0.2, 0.25) is 0 Å². The van der Waals surface area contributed by atoms with Crippen molar-refractivity contribution in [2.45, 2.75) is 25.8 Å². The third-order valence-corrected chi connectivity index (χ3v) is 9.56. The van der Waals surface area contributed by atoms with Crippen molar-refractivity contribution >= 4 is 30.9 Å². The van der Waals surface area contributed by atoms with Gasteiger partial charge >= 0.3 is 14.3 Å². The SMILES string of the molecule is CC(C)(C)[Si](OC(=O)/C=C/C=C/C=C/C=C/C=O)(c1ccccc1)c1ccccc1. The Morgan fingerprint density at radius 3 is 1.60 bits per heavy atom. The predicted octanol–water partition coefficient (Wildman–Crippen LogP) is 4.51. The molecule has 0 amide bonds. The van der Waals surface area contributed by atoms with Gasteiger partial charge in [0.1, 0.15) is 6.29 Å². The van der Waals surface area contributed by atoms with Gasteiger partial charge in [-0.25, -0.2) is 4.79 Å². The summed E-state index contributed by atoms with van der Waals surface area (Å²) in [5.41, 5.74) is 0. The molecular weight excluding hydrogens is 388 g/mol. The molecular formula is C26H28O3Si. The minimum Gasteiger partial charge on any atom is -0.506 e. The first kappa shape index (κ1) is 23.0. The van der Waals surface area contributed by atoms with Crippen LogP contribution in [0.1, 0.15) is 20.8 Å². The minimum absolute atomic E-state index is 0.261. The predicted molar refractivity (Wildman–Crippen MR) is 126 cm³/mol. The number of carbonyl (C=O) groups is 2. The molecule has 0 aliphatic rings. The lowest BCUT2D eigenvalue weighted by molar-refractivity contribution is -0.129. The molecule has 0 aliphatic heterocycles. The molecule has 0 bridgehead atoms. The summed E-state index contributed by atoms with van der Waals surface area (Å²) < 4.78 is 6.35. The molecule has 0 radical (unpaired) electrons. The summed E-state index contributed by atoms with van der Waals surface area (Å²) in [6.45, 7) is 6.40. The van der Waals surface area contributed by atoms with E-state index >= 15 is 0 Å². The van der Waals surface area contributed by atoms with Crippen LogP contribution < -0.4 is 10.4 Å². The van der Waals surface area contributed by atoms with Gasteiger partial charge < -0.3 is 4.43 Å². The second-order valence-corrected chi connectivity index (χ2v) is 12.0. The summed E-state index contributed by atoms with van der Waals surface area (Å²) in [4.78, 5) is 23.1. The van der Waals surface area contributed by atoms with E-state index in [-0.39, 0.29) is 11.0 Å². The number of hydrogen-bond acceptors (Lipinski definition) is 3. The van der Waals surface area contributed by atoms with Gasteiger partial charge in [-0.3, -0.25) is 4.79 Å². The summed E-state index contributed by atoms with van der Waals surface area (Å²) in [5, 5.41) is 1.86. The Bertz CT molecular complexity index is 894. The number of hydrogen-bond donors (Lipinski definition) is 0. The molecule has 4 heteroatoms. The van der Waals surface area contributed by atoms with Crippen LogP contribution in [-0.2, 0) is 14.0 Å². The first-order chi connectivity index (χ1) is 14.4. The summed E-state index contributed by atoms with van der Waals surface area (Å²) >= 11 is 0. The summed E-state index contributed by atoms with van der Waals surface area (Å²) in [6.07, 6.45) is 13.9. The van der Waals surface area contributed by atoms with E-state index in [9.17, 15) is 9.59 Å². The number of aldehydes is 1. The van der Waals surface area contributed by atoms with E-state index in [0.29, 0.717) is 0 Å². The molecule has 3 nitrogen and oxygen atoms in total. The molecule has 0 aromatic heterocycles. The summed E-state index contributed by atoms with van der Waals surface area (Å²) in [7, 11) is -2.88. The van der Waals surface area contributed by atoms with Crippen LogP contribution in [-0.4, -0.2) is 20.6 Å². The Morgan fingerprint density at radius 1 is 0.733 bits per heavy atom. The van der Waals surface area contributed by atoms with Crippen LogP contribution in [0.3, 0.4) is 0 Å². The van der Waals surface area contributed by atoms with Gasteiger partial charge in [0.15, 0.2) is 0 Å². The van der Waals surface area contributed by atoms with Crippen molar-refractivity contribution in [2.24, 2.45) is 0 Å². The maximum atomic E-state index is 12.8. The molecule has 0 unspecified atom stereocenters. The van der Waals surface area contributed by atoms with E-state index in [2.05, 4.69) is 45.0 Å². The van der Waals surface area contributed by atoms with Crippen molar-refractivity contribution in [1.82, 2.24) is 0 Å². The van der Waals surface area contributed by atoms with Gasteiger partial charge in [-0.15, -0.1) is 0 Å². The van der Waals surface area contributed by atoms with Gasteiger partial charge in [0.05, 0.1) is 0 Å². The Morgan fingerprint density at radius 2 is 1.17 bits per heavy atom. The molecule has 2 rings (SSSR count). The second kappa shape index (κ2) is 11.1. The highest BCUT2D eigenvalue weighted by Crippen LogP contribution is 2.36. The van der Waals surface area contributed by atoms with Crippen molar-refractivity contribution in [1.29, 1.82) is 0 Å². The maximum Gasteiger partial charge on any atom is 0.324 e. The summed E-state index contributed by atoms with van der Waals surface area (Å²) in [5.74, 6) is -0.362. The zero-order valence-electron chi connectivity index (χ0n) is 17.7. The van der Waals surface area contributed by atoms with Crippen LogP contribution in [0.4, 0.5) is 0 Å². The van der Waals surface area contributed by atoms with Crippen LogP contribution in [0.2, 0.25) is 5.04 Å². The fourth-order valence-corrected chi connectivity index (χ4v) is 7.64. The number of carbonyl (C=O) groups excluding carboxylic acids is 2. The molecule has 0 spiro atoms. The van der Waals surface area contributed by atoms with Crippen LogP contribution in [0, 0.1) is 0 Å². The van der Waals surface area contributed by atoms with E-state index in [0.717, 1.165) is 16.7 Å². The van der Waals surface area contributed by atoms with Crippen molar-refractivity contribution in [3.63, 3.8) is 0 Å². The maximum absolute atomic E-state index is 12.8. The first-order valence-electron chi connectivity index (χ1n) is 9.87. The van der Waals surface area contributed by atoms with Gasteiger partial charge in [-0.1, -0.05) is 118 Å². The molecule has 0 atom stereocenters. The van der Waals surface area contributed by atoms with Crippen LogP contribution in [0.25, 0.3) is 0 Å².